The second-order valence-electron chi connectivity index (χ2n) is 3.23. The summed E-state index contributed by atoms with van der Waals surface area (Å²) in [5, 5.41) is 3.69. The lowest BCUT2D eigenvalue weighted by molar-refractivity contribution is 0.102. The van der Waals surface area contributed by atoms with Gasteiger partial charge in [0.2, 0.25) is 0 Å². The molecule has 80 valence electrons. The van der Waals surface area contributed by atoms with Gasteiger partial charge in [0, 0.05) is 12.0 Å². The molecule has 1 aliphatic rings. The van der Waals surface area contributed by atoms with Gasteiger partial charge in [-0.3, -0.25) is 0 Å². The highest BCUT2D eigenvalue weighted by Crippen LogP contribution is 2.20. The number of rotatable bonds is 2. The van der Waals surface area contributed by atoms with E-state index in [0.717, 1.165) is 6.07 Å². The molecule has 0 amide bonds. The number of nitrogens with zero attached hydrogens (tertiary/aromatic N) is 1. The summed E-state index contributed by atoms with van der Waals surface area (Å²) in [6, 6.07) is 3.97. The first-order valence-corrected chi connectivity index (χ1v) is 4.99. The van der Waals surface area contributed by atoms with E-state index >= 15 is 0 Å². The largest absolute Gasteiger partial charge is 0.391 e. The number of alkyl halides is 1. The van der Waals surface area contributed by atoms with Gasteiger partial charge in [-0.1, -0.05) is 11.2 Å². The second-order valence-corrected chi connectivity index (χ2v) is 3.53. The monoisotopic (exact) mass is 231 g/mol. The molecule has 0 spiro atoms. The Morgan fingerprint density at radius 3 is 2.93 bits per heavy atom. The quantitative estimate of drug-likeness (QED) is 0.717. The van der Waals surface area contributed by atoms with Crippen LogP contribution in [0.5, 0.6) is 0 Å². The van der Waals surface area contributed by atoms with Crippen molar-refractivity contribution >= 4 is 17.3 Å². The highest BCUT2D eigenvalue weighted by molar-refractivity contribution is 6.18. The van der Waals surface area contributed by atoms with E-state index in [1.54, 1.807) is 0 Å². The second kappa shape index (κ2) is 4.14. The van der Waals surface area contributed by atoms with Crippen molar-refractivity contribution in [2.45, 2.75) is 12.5 Å². The fourth-order valence-electron chi connectivity index (χ4n) is 1.40. The summed E-state index contributed by atoms with van der Waals surface area (Å²) in [7, 11) is 0. The number of halogens is 3. The number of hydrogen-bond donors (Lipinski definition) is 0. The Bertz CT molecular complexity index is 408. The highest BCUT2D eigenvalue weighted by atomic mass is 35.5. The van der Waals surface area contributed by atoms with E-state index in [-0.39, 0.29) is 17.5 Å². The third-order valence-corrected chi connectivity index (χ3v) is 2.51. The van der Waals surface area contributed by atoms with Gasteiger partial charge >= 0.3 is 0 Å². The molecule has 1 aromatic rings. The van der Waals surface area contributed by atoms with Crippen LogP contribution in [0.1, 0.15) is 12.0 Å². The van der Waals surface area contributed by atoms with E-state index in [0.29, 0.717) is 12.1 Å². The van der Waals surface area contributed by atoms with Crippen LogP contribution in [0, 0.1) is 11.6 Å². The maximum Gasteiger partial charge on any atom is 0.167 e. The van der Waals surface area contributed by atoms with E-state index in [2.05, 4.69) is 5.16 Å². The maximum atomic E-state index is 13.3. The van der Waals surface area contributed by atoms with Gasteiger partial charge in [-0.25, -0.2) is 8.78 Å². The first-order valence-electron chi connectivity index (χ1n) is 4.45. The lowest BCUT2D eigenvalue weighted by Crippen LogP contribution is -2.11. The van der Waals surface area contributed by atoms with Crippen LogP contribution in [0.2, 0.25) is 0 Å². The molecule has 0 aromatic heterocycles. The Morgan fingerprint density at radius 1 is 1.47 bits per heavy atom. The maximum absolute atomic E-state index is 13.3. The molecule has 15 heavy (non-hydrogen) atoms. The zero-order chi connectivity index (χ0) is 10.8. The lowest BCUT2D eigenvalue weighted by atomic mass is 10.0. The van der Waals surface area contributed by atoms with Crippen LogP contribution in [0.15, 0.2) is 23.4 Å². The molecule has 2 nitrogen and oxygen atoms in total. The van der Waals surface area contributed by atoms with Gasteiger partial charge in [0.25, 0.3) is 0 Å². The summed E-state index contributed by atoms with van der Waals surface area (Å²) in [6.45, 7) is 0. The van der Waals surface area contributed by atoms with Gasteiger partial charge in [0.15, 0.2) is 11.6 Å². The predicted octanol–water partition coefficient (Wildman–Crippen LogP) is 2.70. The molecule has 0 aliphatic carbocycles. The Balaban J connectivity index is 2.28. The summed E-state index contributed by atoms with van der Waals surface area (Å²) >= 11 is 5.57. The van der Waals surface area contributed by atoms with Crippen molar-refractivity contribution < 1.29 is 13.6 Å². The number of hydrogen-bond acceptors (Lipinski definition) is 2. The van der Waals surface area contributed by atoms with Gasteiger partial charge in [-0.2, -0.15) is 0 Å². The molecule has 1 aliphatic heterocycles. The Hall–Kier alpha value is -1.16. The molecule has 0 saturated carbocycles. The van der Waals surface area contributed by atoms with Crippen LogP contribution in [-0.2, 0) is 4.84 Å². The number of oxime groups is 1. The van der Waals surface area contributed by atoms with Crippen LogP contribution in [0.25, 0.3) is 0 Å². The molecular weight excluding hydrogens is 224 g/mol. The van der Waals surface area contributed by atoms with Gasteiger partial charge in [-0.15, -0.1) is 11.6 Å². The normalized spacial score (nSPS) is 19.9. The van der Waals surface area contributed by atoms with Crippen molar-refractivity contribution in [2.24, 2.45) is 5.16 Å². The summed E-state index contributed by atoms with van der Waals surface area (Å²) in [5.41, 5.74) is 0.542. The van der Waals surface area contributed by atoms with Crippen molar-refractivity contribution in [3.8, 4) is 0 Å². The van der Waals surface area contributed by atoms with E-state index in [9.17, 15) is 8.78 Å². The first-order chi connectivity index (χ1) is 7.22. The van der Waals surface area contributed by atoms with Crippen LogP contribution in [0.4, 0.5) is 8.78 Å². The fourth-order valence-corrected chi connectivity index (χ4v) is 1.56. The zero-order valence-electron chi connectivity index (χ0n) is 7.71. The first kappa shape index (κ1) is 10.4. The standard InChI is InChI=1S/C10H8ClF2NO/c11-5-6-4-9(14-15-6)7-2-1-3-8(12)10(7)13/h1-3,6H,4-5H2. The number of benzene rings is 1. The van der Waals surface area contributed by atoms with Gasteiger partial charge in [0.05, 0.1) is 11.6 Å². The average Bonchev–Trinajstić information content (AvgIpc) is 2.70. The van der Waals surface area contributed by atoms with Crippen LogP contribution in [-0.4, -0.2) is 17.7 Å². The van der Waals surface area contributed by atoms with Crippen molar-refractivity contribution in [1.29, 1.82) is 0 Å². The minimum Gasteiger partial charge on any atom is -0.391 e. The minimum absolute atomic E-state index is 0.141. The average molecular weight is 232 g/mol. The zero-order valence-corrected chi connectivity index (χ0v) is 8.47. The predicted molar refractivity (Wildman–Crippen MR) is 53.1 cm³/mol. The minimum atomic E-state index is -0.893. The third kappa shape index (κ3) is 1.95. The molecule has 0 radical (unpaired) electrons. The summed E-state index contributed by atoms with van der Waals surface area (Å²) in [5.74, 6) is -1.50. The summed E-state index contributed by atoms with van der Waals surface area (Å²) < 4.78 is 26.3. The van der Waals surface area contributed by atoms with Crippen LogP contribution >= 0.6 is 11.6 Å². The van der Waals surface area contributed by atoms with E-state index < -0.39 is 11.6 Å². The summed E-state index contributed by atoms with van der Waals surface area (Å²) in [6.07, 6.45) is 0.161. The van der Waals surface area contributed by atoms with Crippen molar-refractivity contribution in [3.05, 3.63) is 35.4 Å². The van der Waals surface area contributed by atoms with E-state index in [1.807, 2.05) is 0 Å². The van der Waals surface area contributed by atoms with E-state index in [4.69, 9.17) is 16.4 Å². The molecule has 1 heterocycles. The highest BCUT2D eigenvalue weighted by Gasteiger charge is 2.24. The SMILES string of the molecule is Fc1cccc(C2=NOC(CCl)C2)c1F. The molecule has 2 rings (SSSR count). The molecule has 0 bridgehead atoms. The third-order valence-electron chi connectivity index (χ3n) is 2.17. The van der Waals surface area contributed by atoms with Crippen molar-refractivity contribution in [2.75, 3.05) is 5.88 Å². The van der Waals surface area contributed by atoms with Crippen molar-refractivity contribution in [3.63, 3.8) is 0 Å². The smallest absolute Gasteiger partial charge is 0.167 e. The molecule has 1 unspecified atom stereocenters. The topological polar surface area (TPSA) is 21.6 Å². The van der Waals surface area contributed by atoms with E-state index in [1.165, 1.54) is 12.1 Å². The van der Waals surface area contributed by atoms with Gasteiger partial charge < -0.3 is 4.84 Å². The molecule has 0 fully saturated rings. The van der Waals surface area contributed by atoms with Gasteiger partial charge in [0.1, 0.15) is 6.10 Å². The fraction of sp³-hybridized carbons (Fsp3) is 0.300. The molecule has 5 heteroatoms. The Labute approximate surface area is 90.5 Å². The Morgan fingerprint density at radius 2 is 2.27 bits per heavy atom. The molecule has 0 N–H and O–H groups in total. The van der Waals surface area contributed by atoms with Gasteiger partial charge in [-0.05, 0) is 12.1 Å². The molecule has 0 saturated heterocycles. The van der Waals surface area contributed by atoms with Crippen molar-refractivity contribution in [1.82, 2.24) is 0 Å². The molecule has 1 atom stereocenters. The lowest BCUT2D eigenvalue weighted by Gasteiger charge is -2.02. The molecular formula is C10H8ClF2NO. The summed E-state index contributed by atoms with van der Waals surface area (Å²) in [4.78, 5) is 4.93. The van der Waals surface area contributed by atoms with Crippen LogP contribution in [0.3, 0.4) is 0 Å². The Kier molecular flexibility index (Phi) is 2.86. The molecule has 1 aromatic carbocycles. The van der Waals surface area contributed by atoms with Crippen LogP contribution < -0.4 is 0 Å².